The second-order valence-electron chi connectivity index (χ2n) is 4.94. The van der Waals surface area contributed by atoms with Crippen molar-refractivity contribution in [2.45, 2.75) is 36.4 Å². The lowest BCUT2D eigenvalue weighted by atomic mass is 10.3. The number of imidazole rings is 1. The zero-order chi connectivity index (χ0) is 16.2. The molecule has 0 aliphatic rings. The number of unbranched alkanes of at least 4 members (excludes halogenated alkanes) is 1. The predicted octanol–water partition coefficient (Wildman–Crippen LogP) is 2.94. The standard InChI is InChI=1S/C14H21N3O2S3/c1-3-4-7-17-13-6-5-11(22(15,18)19)10-12(13)16-14(17)21-9-8-20-2/h5-6,10H,3-4,7-9H2,1-2H3,(H2,15,18,19). The van der Waals surface area contributed by atoms with Crippen molar-refractivity contribution >= 4 is 44.6 Å². The lowest BCUT2D eigenvalue weighted by Gasteiger charge is -2.08. The van der Waals surface area contributed by atoms with Crippen molar-refractivity contribution in [2.24, 2.45) is 5.14 Å². The van der Waals surface area contributed by atoms with Gasteiger partial charge in [0.05, 0.1) is 15.9 Å². The lowest BCUT2D eigenvalue weighted by Crippen LogP contribution is -2.11. The number of nitrogens with two attached hydrogens (primary N) is 1. The summed E-state index contributed by atoms with van der Waals surface area (Å²) in [5.74, 6) is 2.04. The topological polar surface area (TPSA) is 78.0 Å². The normalized spacial score (nSPS) is 12.1. The molecular formula is C14H21N3O2S3. The van der Waals surface area contributed by atoms with Crippen LogP contribution in [0.1, 0.15) is 19.8 Å². The molecule has 0 amide bonds. The highest BCUT2D eigenvalue weighted by atomic mass is 32.2. The third-order valence-corrected chi connectivity index (χ3v) is 6.03. The van der Waals surface area contributed by atoms with Gasteiger partial charge in [-0.25, -0.2) is 18.5 Å². The molecule has 8 heteroatoms. The Morgan fingerprint density at radius 3 is 2.73 bits per heavy atom. The first-order valence-electron chi connectivity index (χ1n) is 7.12. The average molecular weight is 360 g/mol. The quantitative estimate of drug-likeness (QED) is 0.579. The van der Waals surface area contributed by atoms with Crippen molar-refractivity contribution in [1.82, 2.24) is 9.55 Å². The number of primary sulfonamides is 1. The third-order valence-electron chi connectivity index (χ3n) is 3.27. The minimum atomic E-state index is -3.70. The molecule has 22 heavy (non-hydrogen) atoms. The van der Waals surface area contributed by atoms with Crippen LogP contribution in [0.15, 0.2) is 28.3 Å². The number of sulfonamides is 1. The fourth-order valence-corrected chi connectivity index (χ4v) is 4.35. The van der Waals surface area contributed by atoms with Crippen LogP contribution >= 0.6 is 23.5 Å². The molecule has 0 fully saturated rings. The van der Waals surface area contributed by atoms with Crippen molar-refractivity contribution in [3.05, 3.63) is 18.2 Å². The van der Waals surface area contributed by atoms with Crippen LogP contribution in [0.2, 0.25) is 0 Å². The van der Waals surface area contributed by atoms with Gasteiger partial charge in [0.1, 0.15) is 0 Å². The number of nitrogens with zero attached hydrogens (tertiary/aromatic N) is 2. The van der Waals surface area contributed by atoms with Gasteiger partial charge in [0.15, 0.2) is 5.16 Å². The number of hydrogen-bond acceptors (Lipinski definition) is 5. The minimum Gasteiger partial charge on any atom is -0.319 e. The van der Waals surface area contributed by atoms with Crippen LogP contribution in [0.25, 0.3) is 11.0 Å². The summed E-state index contributed by atoms with van der Waals surface area (Å²) < 4.78 is 25.2. The summed E-state index contributed by atoms with van der Waals surface area (Å²) in [7, 11) is -3.70. The van der Waals surface area contributed by atoms with Crippen LogP contribution in [0, 0.1) is 0 Å². The molecule has 1 aromatic carbocycles. The van der Waals surface area contributed by atoms with Crippen LogP contribution in [-0.4, -0.2) is 35.7 Å². The molecular weight excluding hydrogens is 338 g/mol. The van der Waals surface area contributed by atoms with Crippen molar-refractivity contribution in [2.75, 3.05) is 17.8 Å². The molecule has 5 nitrogen and oxygen atoms in total. The van der Waals surface area contributed by atoms with Crippen molar-refractivity contribution in [1.29, 1.82) is 0 Å². The van der Waals surface area contributed by atoms with Crippen LogP contribution in [-0.2, 0) is 16.6 Å². The highest BCUT2D eigenvalue weighted by molar-refractivity contribution is 8.02. The van der Waals surface area contributed by atoms with E-state index in [0.29, 0.717) is 5.52 Å². The Hall–Kier alpha value is -0.700. The molecule has 1 aromatic heterocycles. The zero-order valence-electron chi connectivity index (χ0n) is 12.8. The van der Waals surface area contributed by atoms with Crippen molar-refractivity contribution < 1.29 is 8.42 Å². The second kappa shape index (κ2) is 7.72. The van der Waals surface area contributed by atoms with Crippen LogP contribution in [0.5, 0.6) is 0 Å². The van der Waals surface area contributed by atoms with Crippen LogP contribution < -0.4 is 5.14 Å². The van der Waals surface area contributed by atoms with E-state index in [4.69, 9.17) is 5.14 Å². The molecule has 0 unspecified atom stereocenters. The molecule has 0 bridgehead atoms. The molecule has 122 valence electrons. The first-order valence-corrected chi connectivity index (χ1v) is 11.0. The summed E-state index contributed by atoms with van der Waals surface area (Å²) in [6.45, 7) is 3.04. The van der Waals surface area contributed by atoms with Crippen LogP contribution in [0.4, 0.5) is 0 Å². The molecule has 0 saturated carbocycles. The highest BCUT2D eigenvalue weighted by Crippen LogP contribution is 2.26. The zero-order valence-corrected chi connectivity index (χ0v) is 15.2. The molecule has 2 rings (SSSR count). The monoisotopic (exact) mass is 359 g/mol. The Labute approximate surface area is 140 Å². The number of aromatic nitrogens is 2. The van der Waals surface area contributed by atoms with Gasteiger partial charge in [-0.15, -0.1) is 0 Å². The van der Waals surface area contributed by atoms with Crippen molar-refractivity contribution in [3.63, 3.8) is 0 Å². The van der Waals surface area contributed by atoms with Gasteiger partial charge in [-0.05, 0) is 30.9 Å². The summed E-state index contributed by atoms with van der Waals surface area (Å²) in [6.07, 6.45) is 4.25. The lowest BCUT2D eigenvalue weighted by molar-refractivity contribution is 0.598. The maximum Gasteiger partial charge on any atom is 0.238 e. The molecule has 2 aromatic rings. The molecule has 0 saturated heterocycles. The van der Waals surface area contributed by atoms with Gasteiger partial charge in [-0.1, -0.05) is 25.1 Å². The number of thioether (sulfide) groups is 2. The fraction of sp³-hybridized carbons (Fsp3) is 0.500. The van der Waals surface area contributed by atoms with E-state index < -0.39 is 10.0 Å². The largest absolute Gasteiger partial charge is 0.319 e. The molecule has 0 aliphatic heterocycles. The van der Waals surface area contributed by atoms with Gasteiger partial charge in [0.25, 0.3) is 0 Å². The molecule has 0 atom stereocenters. The first-order chi connectivity index (χ1) is 10.5. The maximum atomic E-state index is 11.5. The summed E-state index contributed by atoms with van der Waals surface area (Å²) in [4.78, 5) is 4.72. The number of aryl methyl sites for hydroxylation is 1. The predicted molar refractivity (Wildman–Crippen MR) is 95.1 cm³/mol. The Morgan fingerprint density at radius 2 is 2.09 bits per heavy atom. The highest BCUT2D eigenvalue weighted by Gasteiger charge is 2.14. The molecule has 2 N–H and O–H groups in total. The first kappa shape index (κ1) is 17.7. The summed E-state index contributed by atoms with van der Waals surface area (Å²) in [5.41, 5.74) is 1.65. The van der Waals surface area contributed by atoms with E-state index in [1.54, 1.807) is 41.7 Å². The SMILES string of the molecule is CCCCn1c(SCCSC)nc2cc(S(N)(=O)=O)ccc21. The third kappa shape index (κ3) is 4.18. The van der Waals surface area contributed by atoms with E-state index >= 15 is 0 Å². The van der Waals surface area contributed by atoms with E-state index in [2.05, 4.69) is 22.7 Å². The summed E-state index contributed by atoms with van der Waals surface area (Å²) in [5, 5.41) is 6.15. The van der Waals surface area contributed by atoms with E-state index in [1.807, 2.05) is 0 Å². The molecule has 1 heterocycles. The van der Waals surface area contributed by atoms with E-state index in [9.17, 15) is 8.42 Å². The Balaban J connectivity index is 2.43. The van der Waals surface area contributed by atoms with Crippen molar-refractivity contribution in [3.8, 4) is 0 Å². The molecule has 0 radical (unpaired) electrons. The number of hydrogen-bond donors (Lipinski definition) is 1. The number of fused-ring (bicyclic) bond motifs is 1. The Morgan fingerprint density at radius 1 is 1.32 bits per heavy atom. The van der Waals surface area contributed by atoms with E-state index in [1.165, 1.54) is 0 Å². The fourth-order valence-electron chi connectivity index (χ4n) is 2.12. The van der Waals surface area contributed by atoms with Gasteiger partial charge < -0.3 is 4.57 Å². The summed E-state index contributed by atoms with van der Waals surface area (Å²) >= 11 is 3.52. The summed E-state index contributed by atoms with van der Waals surface area (Å²) in [6, 6.07) is 4.92. The Kier molecular flexibility index (Phi) is 6.19. The minimum absolute atomic E-state index is 0.112. The van der Waals surface area contributed by atoms with Gasteiger partial charge >= 0.3 is 0 Å². The van der Waals surface area contributed by atoms with E-state index in [0.717, 1.165) is 41.6 Å². The second-order valence-corrected chi connectivity index (χ2v) is 8.55. The van der Waals surface area contributed by atoms with Gasteiger partial charge in [0, 0.05) is 18.1 Å². The average Bonchev–Trinajstić information content (AvgIpc) is 2.81. The van der Waals surface area contributed by atoms with Gasteiger partial charge in [0.2, 0.25) is 10.0 Å². The number of rotatable bonds is 8. The molecule has 0 aliphatic carbocycles. The molecule has 0 spiro atoms. The smallest absolute Gasteiger partial charge is 0.238 e. The Bertz CT molecular complexity index is 741. The van der Waals surface area contributed by atoms with Gasteiger partial charge in [-0.3, -0.25) is 0 Å². The number of benzene rings is 1. The van der Waals surface area contributed by atoms with Crippen LogP contribution in [0.3, 0.4) is 0 Å². The van der Waals surface area contributed by atoms with Gasteiger partial charge in [-0.2, -0.15) is 11.8 Å². The maximum absolute atomic E-state index is 11.5. The van der Waals surface area contributed by atoms with E-state index in [-0.39, 0.29) is 4.90 Å².